The van der Waals surface area contributed by atoms with Crippen molar-refractivity contribution in [1.82, 2.24) is 10.2 Å². The molecule has 1 aliphatic heterocycles. The Hall–Kier alpha value is -0.430. The zero-order chi connectivity index (χ0) is 14.2. The van der Waals surface area contributed by atoms with Crippen LogP contribution in [0.5, 0.6) is 0 Å². The Bertz CT molecular complexity index is 425. The molecule has 3 nitrogen and oxygen atoms in total. The van der Waals surface area contributed by atoms with Crippen LogP contribution in [0.15, 0.2) is 35.3 Å². The number of hydrogen-bond donors (Lipinski definition) is 1. The number of aliphatic imine (C=N–C) groups is 1. The summed E-state index contributed by atoms with van der Waals surface area (Å²) in [6.45, 7) is 8.30. The van der Waals surface area contributed by atoms with Gasteiger partial charge in [-0.15, -0.1) is 24.0 Å². The van der Waals surface area contributed by atoms with Crippen molar-refractivity contribution < 1.29 is 0 Å². The second-order valence-corrected chi connectivity index (χ2v) is 6.41. The summed E-state index contributed by atoms with van der Waals surface area (Å²) in [5, 5.41) is 4.17. The lowest BCUT2D eigenvalue weighted by atomic mass is 10.2. The van der Waals surface area contributed by atoms with Crippen molar-refractivity contribution >= 4 is 41.7 Å². The minimum absolute atomic E-state index is 0. The predicted molar refractivity (Wildman–Crippen MR) is 105 cm³/mol. The number of halogens is 1. The molecule has 2 rings (SSSR count). The number of hydrogen-bond acceptors (Lipinski definition) is 2. The Morgan fingerprint density at radius 2 is 2.10 bits per heavy atom. The molecule has 21 heavy (non-hydrogen) atoms. The van der Waals surface area contributed by atoms with Gasteiger partial charge in [0.1, 0.15) is 0 Å². The molecule has 5 heteroatoms. The van der Waals surface area contributed by atoms with Gasteiger partial charge in [0, 0.05) is 30.6 Å². The second-order valence-electron chi connectivity index (χ2n) is 5.00. The van der Waals surface area contributed by atoms with E-state index in [-0.39, 0.29) is 24.0 Å². The van der Waals surface area contributed by atoms with Gasteiger partial charge < -0.3 is 10.2 Å². The molecule has 0 radical (unpaired) electrons. The molecule has 118 valence electrons. The Kier molecular flexibility index (Phi) is 9.15. The van der Waals surface area contributed by atoms with Crippen LogP contribution in [0.3, 0.4) is 0 Å². The minimum atomic E-state index is 0. The fourth-order valence-electron chi connectivity index (χ4n) is 2.33. The fraction of sp³-hybridized carbons (Fsp3) is 0.562. The quantitative estimate of drug-likeness (QED) is 0.459. The Morgan fingerprint density at radius 3 is 2.76 bits per heavy atom. The standard InChI is InChI=1S/C16H25N3S.HI/c1-3-15-13-19(10-11-20-15)16(17-4-2)18-12-14-8-6-5-7-9-14;/h5-9,15H,3-4,10-13H2,1-2H3,(H,17,18);1H. The maximum atomic E-state index is 4.80. The Labute approximate surface area is 150 Å². The van der Waals surface area contributed by atoms with Crippen LogP contribution in [0.2, 0.25) is 0 Å². The molecule has 1 N–H and O–H groups in total. The third-order valence-electron chi connectivity index (χ3n) is 3.48. The second kappa shape index (κ2) is 10.3. The molecule has 0 amide bonds. The first-order chi connectivity index (χ1) is 9.83. The molecule has 1 aromatic carbocycles. The number of thioether (sulfide) groups is 1. The van der Waals surface area contributed by atoms with E-state index >= 15 is 0 Å². The molecule has 1 saturated heterocycles. The van der Waals surface area contributed by atoms with Crippen LogP contribution < -0.4 is 5.32 Å². The van der Waals surface area contributed by atoms with Gasteiger partial charge in [-0.3, -0.25) is 0 Å². The van der Waals surface area contributed by atoms with Crippen molar-refractivity contribution in [2.75, 3.05) is 25.4 Å². The zero-order valence-electron chi connectivity index (χ0n) is 12.9. The highest BCUT2D eigenvalue weighted by atomic mass is 127. The summed E-state index contributed by atoms with van der Waals surface area (Å²) in [7, 11) is 0. The average molecular weight is 419 g/mol. The van der Waals surface area contributed by atoms with E-state index in [1.807, 2.05) is 6.07 Å². The van der Waals surface area contributed by atoms with E-state index in [2.05, 4.69) is 60.1 Å². The Morgan fingerprint density at radius 1 is 1.33 bits per heavy atom. The first-order valence-corrected chi connectivity index (χ1v) is 8.57. The molecule has 1 heterocycles. The monoisotopic (exact) mass is 419 g/mol. The van der Waals surface area contributed by atoms with Crippen LogP contribution in [-0.4, -0.2) is 41.5 Å². The van der Waals surface area contributed by atoms with Crippen molar-refractivity contribution in [2.45, 2.75) is 32.1 Å². The maximum Gasteiger partial charge on any atom is 0.194 e. The third-order valence-corrected chi connectivity index (χ3v) is 4.85. The number of guanidine groups is 1. The van der Waals surface area contributed by atoms with Gasteiger partial charge in [-0.05, 0) is 18.9 Å². The van der Waals surface area contributed by atoms with Crippen molar-refractivity contribution in [3.63, 3.8) is 0 Å². The number of rotatable bonds is 4. The molecular weight excluding hydrogens is 393 g/mol. The lowest BCUT2D eigenvalue weighted by Crippen LogP contribution is -2.48. The Balaban J connectivity index is 0.00000220. The molecule has 0 spiro atoms. The lowest BCUT2D eigenvalue weighted by molar-refractivity contribution is 0.408. The van der Waals surface area contributed by atoms with E-state index in [9.17, 15) is 0 Å². The smallest absolute Gasteiger partial charge is 0.194 e. The van der Waals surface area contributed by atoms with Crippen LogP contribution in [0.4, 0.5) is 0 Å². The number of nitrogens with one attached hydrogen (secondary N) is 1. The molecule has 1 atom stereocenters. The van der Waals surface area contributed by atoms with Crippen LogP contribution in [0.1, 0.15) is 25.8 Å². The van der Waals surface area contributed by atoms with Gasteiger partial charge in [0.25, 0.3) is 0 Å². The SMILES string of the molecule is CCNC(=NCc1ccccc1)N1CCSC(CC)C1.I. The van der Waals surface area contributed by atoms with E-state index in [0.29, 0.717) is 0 Å². The highest BCUT2D eigenvalue weighted by Crippen LogP contribution is 2.21. The fourth-order valence-corrected chi connectivity index (χ4v) is 3.51. The molecule has 0 aromatic heterocycles. The third kappa shape index (κ3) is 6.06. The van der Waals surface area contributed by atoms with Crippen molar-refractivity contribution in [2.24, 2.45) is 4.99 Å². The summed E-state index contributed by atoms with van der Waals surface area (Å²) >= 11 is 2.09. The van der Waals surface area contributed by atoms with E-state index in [1.165, 1.54) is 17.7 Å². The van der Waals surface area contributed by atoms with Crippen LogP contribution >= 0.6 is 35.7 Å². The summed E-state index contributed by atoms with van der Waals surface area (Å²) in [5.41, 5.74) is 1.27. The van der Waals surface area contributed by atoms with Gasteiger partial charge in [-0.25, -0.2) is 4.99 Å². The van der Waals surface area contributed by atoms with Crippen LogP contribution in [-0.2, 0) is 6.54 Å². The minimum Gasteiger partial charge on any atom is -0.357 e. The first kappa shape index (κ1) is 18.6. The largest absolute Gasteiger partial charge is 0.357 e. The first-order valence-electron chi connectivity index (χ1n) is 7.52. The highest BCUT2D eigenvalue weighted by molar-refractivity contribution is 14.0. The van der Waals surface area contributed by atoms with Gasteiger partial charge >= 0.3 is 0 Å². The van der Waals surface area contributed by atoms with Crippen LogP contribution in [0.25, 0.3) is 0 Å². The van der Waals surface area contributed by atoms with Crippen molar-refractivity contribution in [1.29, 1.82) is 0 Å². The van der Waals surface area contributed by atoms with Gasteiger partial charge in [-0.1, -0.05) is 37.3 Å². The molecule has 1 aliphatic rings. The van der Waals surface area contributed by atoms with Crippen LogP contribution in [0, 0.1) is 0 Å². The normalized spacial score (nSPS) is 19.0. The highest BCUT2D eigenvalue weighted by Gasteiger charge is 2.21. The van der Waals surface area contributed by atoms with Gasteiger partial charge in [0.2, 0.25) is 0 Å². The molecule has 0 aliphatic carbocycles. The molecular formula is C16H26IN3S. The molecule has 0 saturated carbocycles. The number of benzene rings is 1. The summed E-state index contributed by atoms with van der Waals surface area (Å²) in [4.78, 5) is 7.21. The van der Waals surface area contributed by atoms with Gasteiger partial charge in [0.15, 0.2) is 5.96 Å². The van der Waals surface area contributed by atoms with E-state index in [0.717, 1.165) is 37.4 Å². The van der Waals surface area contributed by atoms with Gasteiger partial charge in [-0.2, -0.15) is 11.8 Å². The summed E-state index contributed by atoms with van der Waals surface area (Å²) < 4.78 is 0. The average Bonchev–Trinajstić information content (AvgIpc) is 2.52. The van der Waals surface area contributed by atoms with E-state index in [4.69, 9.17) is 4.99 Å². The van der Waals surface area contributed by atoms with Gasteiger partial charge in [0.05, 0.1) is 6.54 Å². The summed E-state index contributed by atoms with van der Waals surface area (Å²) in [6, 6.07) is 10.5. The predicted octanol–water partition coefficient (Wildman–Crippen LogP) is 3.60. The molecule has 1 aromatic rings. The maximum absolute atomic E-state index is 4.80. The van der Waals surface area contributed by atoms with Crippen molar-refractivity contribution in [3.05, 3.63) is 35.9 Å². The number of nitrogens with zero attached hydrogens (tertiary/aromatic N) is 2. The molecule has 1 fully saturated rings. The topological polar surface area (TPSA) is 27.6 Å². The summed E-state index contributed by atoms with van der Waals surface area (Å²) in [6.07, 6.45) is 1.24. The van der Waals surface area contributed by atoms with Crippen molar-refractivity contribution in [3.8, 4) is 0 Å². The summed E-state index contributed by atoms with van der Waals surface area (Å²) in [5.74, 6) is 2.27. The lowest BCUT2D eigenvalue weighted by Gasteiger charge is -2.34. The molecule has 1 unspecified atom stereocenters. The van der Waals surface area contributed by atoms with E-state index in [1.54, 1.807) is 0 Å². The zero-order valence-corrected chi connectivity index (χ0v) is 16.1. The van der Waals surface area contributed by atoms with E-state index < -0.39 is 0 Å². The molecule has 0 bridgehead atoms.